The summed E-state index contributed by atoms with van der Waals surface area (Å²) in [5, 5.41) is 52.4. The van der Waals surface area contributed by atoms with Crippen LogP contribution >= 0.6 is 0 Å². The molecule has 4 N–H and O–H groups in total. The highest BCUT2D eigenvalue weighted by Crippen LogP contribution is 2.47. The van der Waals surface area contributed by atoms with Gasteiger partial charge in [0.05, 0.1) is 0 Å². The van der Waals surface area contributed by atoms with E-state index in [2.05, 4.69) is 30.4 Å². The van der Waals surface area contributed by atoms with Gasteiger partial charge in [-0.3, -0.25) is 15.6 Å². The molecule has 32 heavy (non-hydrogen) atoms. The van der Waals surface area contributed by atoms with Gasteiger partial charge in [0.15, 0.2) is 5.78 Å². The first-order valence-electron chi connectivity index (χ1n) is 10.6. The summed E-state index contributed by atoms with van der Waals surface area (Å²) in [4.78, 5) is 22.5. The minimum absolute atomic E-state index is 0.0190. The molecule has 4 rings (SSSR count). The monoisotopic (exact) mass is 440 g/mol. The van der Waals surface area contributed by atoms with Crippen LogP contribution in [-0.4, -0.2) is 47.0 Å². The van der Waals surface area contributed by atoms with E-state index in [1.165, 1.54) is 4.57 Å². The number of hydrogen-bond acceptors (Lipinski definition) is 9. The molecule has 2 aromatic rings. The molecule has 13 nitrogen and oxygen atoms in total. The van der Waals surface area contributed by atoms with Crippen molar-refractivity contribution in [2.24, 2.45) is 20.5 Å². The predicted octanol–water partition coefficient (Wildman–Crippen LogP) is 3.88. The van der Waals surface area contributed by atoms with Crippen molar-refractivity contribution in [1.82, 2.24) is 19.1 Å². The zero-order chi connectivity index (χ0) is 23.0. The van der Waals surface area contributed by atoms with Crippen LogP contribution < -0.4 is 0 Å². The first-order valence-corrected chi connectivity index (χ1v) is 10.6. The summed E-state index contributed by atoms with van der Waals surface area (Å²) < 4.78 is 2.25. The second kappa shape index (κ2) is 8.05. The van der Waals surface area contributed by atoms with E-state index in [1.54, 1.807) is 0 Å². The summed E-state index contributed by atoms with van der Waals surface area (Å²) >= 11 is 0. The lowest BCUT2D eigenvalue weighted by Gasteiger charge is -2.30. The Morgan fingerprint density at radius 3 is 2.31 bits per heavy atom. The predicted molar refractivity (Wildman–Crippen MR) is 113 cm³/mol. The molecule has 0 saturated heterocycles. The average molecular weight is 440 g/mol. The molecule has 0 radical (unpaired) electrons. The van der Waals surface area contributed by atoms with Crippen LogP contribution in [-0.2, 0) is 10.2 Å². The van der Waals surface area contributed by atoms with Crippen LogP contribution in [0.25, 0.3) is 0 Å². The van der Waals surface area contributed by atoms with Gasteiger partial charge in [-0.25, -0.2) is 14.1 Å². The van der Waals surface area contributed by atoms with Crippen LogP contribution in [0.15, 0.2) is 20.5 Å². The Balaban J connectivity index is 1.98. The molecule has 4 heterocycles. The van der Waals surface area contributed by atoms with Crippen LogP contribution in [0.1, 0.15) is 70.3 Å². The smallest absolute Gasteiger partial charge is 0.259 e. The summed E-state index contributed by atoms with van der Waals surface area (Å²) in [6.07, 6.45) is 4.09. The van der Waals surface area contributed by atoms with Gasteiger partial charge in [0.25, 0.3) is 17.8 Å². The van der Waals surface area contributed by atoms with Crippen molar-refractivity contribution >= 4 is 29.5 Å². The quantitative estimate of drug-likeness (QED) is 0.407. The van der Waals surface area contributed by atoms with Crippen LogP contribution in [0.4, 0.5) is 11.8 Å². The van der Waals surface area contributed by atoms with Crippen LogP contribution in [0.3, 0.4) is 0 Å². The Bertz CT molecular complexity index is 1170. The Morgan fingerprint density at radius 2 is 1.62 bits per heavy atom. The number of nitrogens with one attached hydrogen (secondary N) is 2. The third kappa shape index (κ3) is 3.03. The van der Waals surface area contributed by atoms with Gasteiger partial charge in [0.1, 0.15) is 16.9 Å². The van der Waals surface area contributed by atoms with E-state index in [9.17, 15) is 15.0 Å². The van der Waals surface area contributed by atoms with Crippen LogP contribution in [0.5, 0.6) is 11.8 Å². The van der Waals surface area contributed by atoms with E-state index < -0.39 is 17.2 Å². The fourth-order valence-electron chi connectivity index (χ4n) is 4.13. The summed E-state index contributed by atoms with van der Waals surface area (Å²) in [5.74, 6) is -1.85. The van der Waals surface area contributed by atoms with Gasteiger partial charge >= 0.3 is 0 Å². The number of carbonyl (C=O) groups is 1. The van der Waals surface area contributed by atoms with Gasteiger partial charge in [-0.15, -0.1) is 20.5 Å². The second-order valence-corrected chi connectivity index (χ2v) is 7.77. The second-order valence-electron chi connectivity index (χ2n) is 7.77. The van der Waals surface area contributed by atoms with E-state index in [4.69, 9.17) is 10.8 Å². The fourth-order valence-corrected chi connectivity index (χ4v) is 4.13. The molecule has 2 aliphatic heterocycles. The Hall–Kier alpha value is -3.77. The number of aromatic hydroxyl groups is 2. The molecule has 2 aromatic heterocycles. The van der Waals surface area contributed by atoms with E-state index >= 15 is 0 Å². The number of rotatable bonds is 10. The molecule has 0 spiro atoms. The lowest BCUT2D eigenvalue weighted by Crippen LogP contribution is -2.41. The topological polar surface area (TPSA) is 190 Å². The molecule has 0 bridgehead atoms. The van der Waals surface area contributed by atoms with Gasteiger partial charge in [0, 0.05) is 6.42 Å². The third-order valence-corrected chi connectivity index (χ3v) is 5.74. The maximum atomic E-state index is 13.9. The lowest BCUT2D eigenvalue weighted by molar-refractivity contribution is -0.124. The van der Waals surface area contributed by atoms with E-state index in [0.29, 0.717) is 12.8 Å². The van der Waals surface area contributed by atoms with Crippen molar-refractivity contribution in [2.75, 3.05) is 0 Å². The normalized spacial score (nSPS) is 15.9. The van der Waals surface area contributed by atoms with E-state index in [1.807, 2.05) is 13.8 Å². The number of azo groups is 2. The van der Waals surface area contributed by atoms with Gasteiger partial charge < -0.3 is 10.2 Å². The number of unbranched alkanes of at least 4 members (excludes halogenated alkanes) is 3. The number of ketones is 1. The van der Waals surface area contributed by atoms with Gasteiger partial charge in [-0.05, 0) is 12.8 Å². The van der Waals surface area contributed by atoms with Gasteiger partial charge in [-0.2, -0.15) is 4.98 Å². The molecule has 0 aromatic carbocycles. The van der Waals surface area contributed by atoms with Gasteiger partial charge in [0.2, 0.25) is 17.7 Å². The molecule has 0 amide bonds. The summed E-state index contributed by atoms with van der Waals surface area (Å²) in [7, 11) is 0. The highest BCUT2D eigenvalue weighted by atomic mass is 16.3. The molecule has 1 atom stereocenters. The number of nitrogens with zero attached hydrogens (tertiary/aromatic N) is 8. The van der Waals surface area contributed by atoms with Crippen molar-refractivity contribution in [3.63, 3.8) is 0 Å². The maximum Gasteiger partial charge on any atom is 0.259 e. The highest BCUT2D eigenvalue weighted by Gasteiger charge is 2.51. The first-order chi connectivity index (χ1) is 15.4. The number of aromatic nitrogens is 4. The molecule has 2 aliphatic rings. The number of hydrogen-bond donors (Lipinski definition) is 4. The Kier molecular flexibility index (Phi) is 5.40. The third-order valence-electron chi connectivity index (χ3n) is 5.74. The minimum Gasteiger partial charge on any atom is -0.493 e. The molecular weight excluding hydrogens is 416 g/mol. The molecule has 13 heteroatoms. The lowest BCUT2D eigenvalue weighted by atomic mass is 9.73. The molecule has 0 aliphatic carbocycles. The fraction of sp³-hybridized carbons (Fsp3) is 0.526. The van der Waals surface area contributed by atoms with Crippen molar-refractivity contribution in [1.29, 1.82) is 10.8 Å². The maximum absolute atomic E-state index is 13.9. The summed E-state index contributed by atoms with van der Waals surface area (Å²) in [6.45, 7) is 3.99. The number of Topliss-reactive ketones (excluding diaryl/α,β-unsaturated/α-hetero) is 1. The average Bonchev–Trinajstić information content (AvgIpc) is 3.50. The highest BCUT2D eigenvalue weighted by molar-refractivity contribution is 5.97. The van der Waals surface area contributed by atoms with E-state index in [0.717, 1.165) is 23.8 Å². The summed E-state index contributed by atoms with van der Waals surface area (Å²) in [6, 6.07) is 0. The van der Waals surface area contributed by atoms with Crippen molar-refractivity contribution in [3.8, 4) is 11.8 Å². The van der Waals surface area contributed by atoms with Crippen LogP contribution in [0.2, 0.25) is 0 Å². The van der Waals surface area contributed by atoms with Crippen molar-refractivity contribution in [2.45, 2.75) is 64.2 Å². The molecule has 0 unspecified atom stereocenters. The van der Waals surface area contributed by atoms with Crippen molar-refractivity contribution in [3.05, 3.63) is 11.5 Å². The standard InChI is InChI=1S/C19H24N10O3/c1-3-5-7-8-10(30)19(9-6-4-2,11-14(32)29-17(21)26-27-18(29)22-11)15-23-13(31)12-24-25-16(20)28(12)15/h20-21,31-32H,3-9H2,1-2H3/t19-/m1/s1. The molecule has 0 saturated carbocycles. The zero-order valence-electron chi connectivity index (χ0n) is 17.8. The van der Waals surface area contributed by atoms with E-state index in [-0.39, 0.29) is 53.8 Å². The minimum atomic E-state index is -1.60. The van der Waals surface area contributed by atoms with Crippen molar-refractivity contribution < 1.29 is 15.0 Å². The summed E-state index contributed by atoms with van der Waals surface area (Å²) in [5.41, 5.74) is -1.63. The van der Waals surface area contributed by atoms with Crippen LogP contribution in [0, 0.1) is 10.8 Å². The largest absolute Gasteiger partial charge is 0.493 e. The molecule has 0 fully saturated rings. The Labute approximate surface area is 183 Å². The number of imidazole rings is 2. The first kappa shape index (κ1) is 21.5. The molecule has 168 valence electrons. The van der Waals surface area contributed by atoms with Gasteiger partial charge in [-0.1, -0.05) is 39.5 Å². The molecular formula is C19H24N10O3. The SMILES string of the molecule is CCCCCC(=O)[C@](CCCC)(c1nc2n(c1O)C(=N)N=N2)c1nc(O)c2n1C(=N)N=N2. The Morgan fingerprint density at radius 1 is 0.938 bits per heavy atom. The zero-order valence-corrected chi connectivity index (χ0v) is 17.8. The number of carbonyl (C=O) groups excluding carboxylic acids is 1. The number of fused-ring (bicyclic) bond motifs is 2.